The average Bonchev–Trinajstić information content (AvgIpc) is 2.97. The van der Waals surface area contributed by atoms with Gasteiger partial charge in [-0.1, -0.05) is 0 Å². The van der Waals surface area contributed by atoms with Gasteiger partial charge >= 0.3 is 6.09 Å². The number of ether oxygens (including phenoxy) is 1. The number of carbonyl (C=O) groups excluding carboxylic acids is 1. The molecule has 3 aliphatic heterocycles. The number of amides is 1. The maximum atomic E-state index is 12.2. The molecule has 25 heavy (non-hydrogen) atoms. The first-order valence-electron chi connectivity index (χ1n) is 9.28. The molecule has 3 atom stereocenters. The van der Waals surface area contributed by atoms with Gasteiger partial charge in [0.05, 0.1) is 0 Å². The summed E-state index contributed by atoms with van der Waals surface area (Å²) in [6.07, 6.45) is 0.872. The van der Waals surface area contributed by atoms with Crippen molar-refractivity contribution >= 4 is 11.9 Å². The summed E-state index contributed by atoms with van der Waals surface area (Å²) in [6, 6.07) is 0. The van der Waals surface area contributed by atoms with Crippen LogP contribution in [0.5, 0.6) is 0 Å². The highest BCUT2D eigenvalue weighted by Crippen LogP contribution is 2.52. The molecule has 2 fully saturated rings. The molecule has 1 unspecified atom stereocenters. The van der Waals surface area contributed by atoms with Crippen molar-refractivity contribution in [2.24, 2.45) is 22.7 Å². The van der Waals surface area contributed by atoms with E-state index in [1.54, 1.807) is 0 Å². The fraction of sp³-hybridized carbons (Fsp3) is 0.778. The number of nitrogens with one attached hydrogen (secondary N) is 2. The lowest BCUT2D eigenvalue weighted by atomic mass is 10.1. The van der Waals surface area contributed by atoms with Crippen LogP contribution in [0.1, 0.15) is 27.2 Å². The number of aliphatic imine (C=N–C) groups is 1. The molecule has 0 bridgehead atoms. The molecule has 4 aliphatic rings. The van der Waals surface area contributed by atoms with Crippen molar-refractivity contribution in [3.05, 3.63) is 11.4 Å². The van der Waals surface area contributed by atoms with E-state index in [9.17, 15) is 4.79 Å². The number of piperidine rings is 1. The van der Waals surface area contributed by atoms with Gasteiger partial charge in [0.2, 0.25) is 0 Å². The molecule has 7 heteroatoms. The fourth-order valence-electron chi connectivity index (χ4n) is 4.38. The summed E-state index contributed by atoms with van der Waals surface area (Å²) in [4.78, 5) is 21.0. The minimum absolute atomic E-state index is 0.165. The SMILES string of the molecule is CN(C[C@@H]1C2CN(C(=O)OC(C)(C)C)C[C@H]21)C1=NCNC2=C1CCN2. The van der Waals surface area contributed by atoms with Gasteiger partial charge in [0.1, 0.15) is 23.9 Å². The molecule has 1 saturated carbocycles. The molecule has 0 aromatic rings. The molecule has 0 radical (unpaired) electrons. The topological polar surface area (TPSA) is 69.2 Å². The third kappa shape index (κ3) is 3.16. The van der Waals surface area contributed by atoms with Crippen LogP contribution in [0, 0.1) is 17.8 Å². The van der Waals surface area contributed by atoms with Crippen molar-refractivity contribution in [2.75, 3.05) is 39.9 Å². The van der Waals surface area contributed by atoms with Gasteiger partial charge in [0.15, 0.2) is 0 Å². The van der Waals surface area contributed by atoms with Crippen molar-refractivity contribution in [3.63, 3.8) is 0 Å². The first-order valence-corrected chi connectivity index (χ1v) is 9.28. The van der Waals surface area contributed by atoms with Gasteiger partial charge in [-0.05, 0) is 44.9 Å². The zero-order valence-electron chi connectivity index (χ0n) is 15.6. The lowest BCUT2D eigenvalue weighted by Crippen LogP contribution is -2.39. The van der Waals surface area contributed by atoms with Crippen LogP contribution in [-0.2, 0) is 4.74 Å². The van der Waals surface area contributed by atoms with E-state index >= 15 is 0 Å². The van der Waals surface area contributed by atoms with Gasteiger partial charge in [-0.2, -0.15) is 0 Å². The van der Waals surface area contributed by atoms with E-state index in [4.69, 9.17) is 4.74 Å². The third-order valence-electron chi connectivity index (χ3n) is 5.60. The first-order chi connectivity index (χ1) is 11.8. The van der Waals surface area contributed by atoms with E-state index in [0.717, 1.165) is 44.3 Å². The highest BCUT2D eigenvalue weighted by Gasteiger charge is 2.57. The highest BCUT2D eigenvalue weighted by atomic mass is 16.6. The van der Waals surface area contributed by atoms with Crippen molar-refractivity contribution in [2.45, 2.75) is 32.8 Å². The monoisotopic (exact) mass is 347 g/mol. The zero-order chi connectivity index (χ0) is 17.8. The summed E-state index contributed by atoms with van der Waals surface area (Å²) >= 11 is 0. The molecule has 4 rings (SSSR count). The Labute approximate surface area is 149 Å². The minimum atomic E-state index is -0.419. The Bertz CT molecular complexity index is 624. The Kier molecular flexibility index (Phi) is 3.85. The van der Waals surface area contributed by atoms with Gasteiger partial charge in [0, 0.05) is 38.8 Å². The van der Waals surface area contributed by atoms with Gasteiger partial charge in [0.25, 0.3) is 0 Å². The molecule has 0 aromatic heterocycles. The molecule has 138 valence electrons. The normalized spacial score (nSPS) is 30.2. The Morgan fingerprint density at radius 1 is 1.32 bits per heavy atom. The first kappa shape index (κ1) is 16.5. The minimum Gasteiger partial charge on any atom is -0.444 e. The quantitative estimate of drug-likeness (QED) is 0.785. The summed E-state index contributed by atoms with van der Waals surface area (Å²) in [7, 11) is 2.15. The van der Waals surface area contributed by atoms with E-state index in [2.05, 4.69) is 27.6 Å². The number of nitrogens with zero attached hydrogens (tertiary/aromatic N) is 3. The van der Waals surface area contributed by atoms with Crippen molar-refractivity contribution < 1.29 is 9.53 Å². The summed E-state index contributed by atoms with van der Waals surface area (Å²) < 4.78 is 5.49. The smallest absolute Gasteiger partial charge is 0.410 e. The summed E-state index contributed by atoms with van der Waals surface area (Å²) in [5, 5.41) is 6.70. The molecule has 7 nitrogen and oxygen atoms in total. The van der Waals surface area contributed by atoms with Crippen LogP contribution in [-0.4, -0.2) is 67.2 Å². The second-order valence-electron chi connectivity index (χ2n) is 8.60. The van der Waals surface area contributed by atoms with Crippen LogP contribution in [0.4, 0.5) is 4.79 Å². The predicted molar refractivity (Wildman–Crippen MR) is 96.0 cm³/mol. The third-order valence-corrected chi connectivity index (χ3v) is 5.60. The molecule has 0 aromatic carbocycles. The summed E-state index contributed by atoms with van der Waals surface area (Å²) in [5.41, 5.74) is 0.896. The standard InChI is InChI=1S/C18H29N5O2/c1-18(2,3)25-17(24)23-8-13-12(14(13)9-23)7-22(4)16-11-5-6-19-15(11)20-10-21-16/h12-14,19-20H,5-10H2,1-4H3/t12-,13-,14?/m0/s1. The molecule has 1 amide bonds. The van der Waals surface area contributed by atoms with Gasteiger partial charge < -0.3 is 25.2 Å². The van der Waals surface area contributed by atoms with Crippen molar-refractivity contribution in [1.29, 1.82) is 0 Å². The predicted octanol–water partition coefficient (Wildman–Crippen LogP) is 1.20. The van der Waals surface area contributed by atoms with Crippen LogP contribution in [0.15, 0.2) is 16.4 Å². The maximum Gasteiger partial charge on any atom is 0.410 e. The number of amidine groups is 1. The number of rotatable bonds is 2. The number of carbonyl (C=O) groups is 1. The number of likely N-dealkylation sites (N-methyl/N-ethyl adjacent to an activating group) is 1. The number of hydrogen-bond donors (Lipinski definition) is 2. The Hall–Kier alpha value is -1.92. The molecular formula is C18H29N5O2. The Morgan fingerprint density at radius 3 is 2.72 bits per heavy atom. The van der Waals surface area contributed by atoms with E-state index in [1.807, 2.05) is 25.7 Å². The maximum absolute atomic E-state index is 12.2. The largest absolute Gasteiger partial charge is 0.444 e. The lowest BCUT2D eigenvalue weighted by molar-refractivity contribution is 0.0264. The van der Waals surface area contributed by atoms with Crippen LogP contribution in [0.25, 0.3) is 0 Å². The number of hydrogen-bond acceptors (Lipinski definition) is 6. The fourth-order valence-corrected chi connectivity index (χ4v) is 4.38. The molecule has 0 spiro atoms. The van der Waals surface area contributed by atoms with Gasteiger partial charge in [-0.25, -0.2) is 9.79 Å². The number of fused-ring (bicyclic) bond motifs is 1. The summed E-state index contributed by atoms with van der Waals surface area (Å²) in [6.45, 7) is 10.1. The van der Waals surface area contributed by atoms with Crippen LogP contribution in [0.2, 0.25) is 0 Å². The second-order valence-corrected chi connectivity index (χ2v) is 8.60. The molecule has 1 aliphatic carbocycles. The Morgan fingerprint density at radius 2 is 2.04 bits per heavy atom. The van der Waals surface area contributed by atoms with E-state index in [-0.39, 0.29) is 6.09 Å². The molecule has 2 N–H and O–H groups in total. The zero-order valence-corrected chi connectivity index (χ0v) is 15.6. The molecule has 1 saturated heterocycles. The molecular weight excluding hydrogens is 318 g/mol. The van der Waals surface area contributed by atoms with E-state index < -0.39 is 5.60 Å². The van der Waals surface area contributed by atoms with Crippen LogP contribution < -0.4 is 10.6 Å². The average molecular weight is 347 g/mol. The van der Waals surface area contributed by atoms with Gasteiger partial charge in [-0.15, -0.1) is 0 Å². The van der Waals surface area contributed by atoms with Crippen LogP contribution in [0.3, 0.4) is 0 Å². The van der Waals surface area contributed by atoms with Crippen molar-refractivity contribution in [1.82, 2.24) is 20.4 Å². The van der Waals surface area contributed by atoms with Crippen molar-refractivity contribution in [3.8, 4) is 0 Å². The van der Waals surface area contributed by atoms with Gasteiger partial charge in [-0.3, -0.25) is 0 Å². The molecule has 3 heterocycles. The lowest BCUT2D eigenvalue weighted by Gasteiger charge is -2.28. The van der Waals surface area contributed by atoms with E-state index in [1.165, 1.54) is 5.57 Å². The van der Waals surface area contributed by atoms with Crippen LogP contribution >= 0.6 is 0 Å². The number of likely N-dealkylation sites (tertiary alicyclic amines) is 1. The van der Waals surface area contributed by atoms with E-state index in [0.29, 0.717) is 24.4 Å². The second kappa shape index (κ2) is 5.81. The Balaban J connectivity index is 1.30. The summed E-state index contributed by atoms with van der Waals surface area (Å²) in [5.74, 6) is 4.19. The highest BCUT2D eigenvalue weighted by molar-refractivity contribution is 5.99.